The van der Waals surface area contributed by atoms with Gasteiger partial charge in [-0.1, -0.05) is 24.3 Å². The van der Waals surface area contributed by atoms with Crippen LogP contribution >= 0.6 is 22.7 Å². The number of anilines is 1. The summed E-state index contributed by atoms with van der Waals surface area (Å²) in [6.45, 7) is 2.02. The van der Waals surface area contributed by atoms with E-state index in [2.05, 4.69) is 27.3 Å². The number of hydrogen-bond acceptors (Lipinski definition) is 8. The third-order valence-electron chi connectivity index (χ3n) is 5.72. The lowest BCUT2D eigenvalue weighted by atomic mass is 9.97. The molecule has 2 aromatic heterocycles. The number of nitrogens with one attached hydrogen (secondary N) is 1. The Bertz CT molecular complexity index is 1280. The molecule has 2 aromatic carbocycles. The molecule has 0 unspecified atom stereocenters. The maximum atomic E-state index is 12.6. The Morgan fingerprint density at radius 1 is 1.15 bits per heavy atom. The van der Waals surface area contributed by atoms with Gasteiger partial charge in [0.1, 0.15) is 0 Å². The maximum absolute atomic E-state index is 12.6. The number of amides is 1. The van der Waals surface area contributed by atoms with Gasteiger partial charge in [0.15, 0.2) is 5.13 Å². The quantitative estimate of drug-likeness (QED) is 0.303. The van der Waals surface area contributed by atoms with Crippen LogP contribution in [0.25, 0.3) is 21.5 Å². The summed E-state index contributed by atoms with van der Waals surface area (Å²) < 4.78 is 1.22. The van der Waals surface area contributed by atoms with E-state index in [1.165, 1.54) is 33.2 Å². The van der Waals surface area contributed by atoms with Gasteiger partial charge in [-0.3, -0.25) is 19.8 Å². The molecule has 1 amide bonds. The van der Waals surface area contributed by atoms with Crippen LogP contribution in [0.5, 0.6) is 0 Å². The molecule has 1 N–H and O–H groups in total. The van der Waals surface area contributed by atoms with E-state index in [0.29, 0.717) is 28.9 Å². The van der Waals surface area contributed by atoms with Crippen molar-refractivity contribution in [3.05, 3.63) is 69.0 Å². The number of thiazole rings is 2. The summed E-state index contributed by atoms with van der Waals surface area (Å²) in [5, 5.41) is 17.3. The number of fused-ring (bicyclic) bond motifs is 1. The molecule has 0 saturated carbocycles. The fourth-order valence-electron chi connectivity index (χ4n) is 4.01. The van der Waals surface area contributed by atoms with Crippen molar-refractivity contribution in [1.82, 2.24) is 14.9 Å². The number of non-ortho nitro benzene ring substituents is 1. The second-order valence-corrected chi connectivity index (χ2v) is 9.88. The molecule has 1 aliphatic rings. The lowest BCUT2D eigenvalue weighted by molar-refractivity contribution is -0.384. The number of aromatic nitrogens is 2. The molecule has 5 rings (SSSR count). The minimum absolute atomic E-state index is 0.0142. The van der Waals surface area contributed by atoms with Crippen LogP contribution < -0.4 is 5.32 Å². The predicted octanol–water partition coefficient (Wildman–Crippen LogP) is 5.15. The number of nitro benzene ring substituents is 1. The van der Waals surface area contributed by atoms with Gasteiger partial charge in [0.05, 0.1) is 32.4 Å². The monoisotopic (exact) mass is 479 g/mol. The van der Waals surface area contributed by atoms with Crippen molar-refractivity contribution in [2.45, 2.75) is 18.8 Å². The van der Waals surface area contributed by atoms with E-state index in [1.54, 1.807) is 28.8 Å². The van der Waals surface area contributed by atoms with Crippen molar-refractivity contribution in [3.8, 4) is 11.3 Å². The van der Waals surface area contributed by atoms with Crippen LogP contribution in [-0.4, -0.2) is 45.3 Å². The van der Waals surface area contributed by atoms with Crippen LogP contribution in [0, 0.1) is 10.1 Å². The fraction of sp³-hybridized carbons (Fsp3) is 0.261. The smallest absolute Gasteiger partial charge is 0.270 e. The third-order valence-corrected chi connectivity index (χ3v) is 7.67. The van der Waals surface area contributed by atoms with Gasteiger partial charge in [0.25, 0.3) is 5.69 Å². The molecular weight excluding hydrogens is 458 g/mol. The number of benzene rings is 2. The highest BCUT2D eigenvalue weighted by Crippen LogP contribution is 2.34. The lowest BCUT2D eigenvalue weighted by Crippen LogP contribution is -2.38. The van der Waals surface area contributed by atoms with E-state index in [9.17, 15) is 14.9 Å². The topological polar surface area (TPSA) is 101 Å². The zero-order valence-electron chi connectivity index (χ0n) is 17.6. The summed E-state index contributed by atoms with van der Waals surface area (Å²) in [6.07, 6.45) is 1.97. The Balaban J connectivity index is 1.15. The molecule has 0 aliphatic carbocycles. The largest absolute Gasteiger partial charge is 0.301 e. The van der Waals surface area contributed by atoms with Gasteiger partial charge in [0, 0.05) is 29.0 Å². The van der Waals surface area contributed by atoms with E-state index in [4.69, 9.17) is 4.98 Å². The summed E-state index contributed by atoms with van der Waals surface area (Å²) in [4.78, 5) is 34.5. The number of hydrogen-bond donors (Lipinski definition) is 1. The van der Waals surface area contributed by atoms with Crippen LogP contribution in [0.1, 0.15) is 23.8 Å². The Morgan fingerprint density at radius 3 is 2.76 bits per heavy atom. The molecule has 1 fully saturated rings. The summed E-state index contributed by atoms with van der Waals surface area (Å²) in [6, 6.07) is 14.5. The van der Waals surface area contributed by atoms with Crippen LogP contribution in [0.4, 0.5) is 10.8 Å². The highest BCUT2D eigenvalue weighted by atomic mass is 32.1. The van der Waals surface area contributed by atoms with Crippen LogP contribution in [-0.2, 0) is 4.79 Å². The average molecular weight is 480 g/mol. The first-order chi connectivity index (χ1) is 16.0. The molecule has 1 aliphatic heterocycles. The van der Waals surface area contributed by atoms with Crippen molar-refractivity contribution in [2.24, 2.45) is 0 Å². The number of piperidine rings is 1. The number of carbonyl (C=O) groups is 1. The summed E-state index contributed by atoms with van der Waals surface area (Å²) >= 11 is 3.08. The van der Waals surface area contributed by atoms with Gasteiger partial charge in [-0.15, -0.1) is 22.7 Å². The van der Waals surface area contributed by atoms with Crippen molar-refractivity contribution in [1.29, 1.82) is 0 Å². The van der Waals surface area contributed by atoms with Crippen molar-refractivity contribution >= 4 is 49.6 Å². The number of likely N-dealkylation sites (tertiary alicyclic amines) is 1. The molecule has 33 heavy (non-hydrogen) atoms. The zero-order valence-corrected chi connectivity index (χ0v) is 19.3. The minimum Gasteiger partial charge on any atom is -0.301 e. The Kier molecular flexibility index (Phi) is 6.12. The lowest BCUT2D eigenvalue weighted by Gasteiger charge is -2.30. The Hall–Kier alpha value is -3.21. The molecular formula is C23H21N5O3S2. The molecule has 10 heteroatoms. The van der Waals surface area contributed by atoms with Gasteiger partial charge < -0.3 is 5.32 Å². The summed E-state index contributed by atoms with van der Waals surface area (Å²) in [5.41, 5.74) is 2.33. The first kappa shape index (κ1) is 21.6. The first-order valence-electron chi connectivity index (χ1n) is 10.6. The predicted molar refractivity (Wildman–Crippen MR) is 131 cm³/mol. The van der Waals surface area contributed by atoms with Crippen molar-refractivity contribution < 1.29 is 9.72 Å². The maximum Gasteiger partial charge on any atom is 0.270 e. The Labute approximate surface area is 198 Å². The van der Waals surface area contributed by atoms with E-state index < -0.39 is 4.92 Å². The summed E-state index contributed by atoms with van der Waals surface area (Å²) in [5.74, 6) is 0.339. The molecule has 3 heterocycles. The Morgan fingerprint density at radius 2 is 1.97 bits per heavy atom. The molecule has 0 spiro atoms. The molecule has 168 valence electrons. The number of carbonyl (C=O) groups excluding carboxylic acids is 1. The number of nitrogens with zero attached hydrogens (tertiary/aromatic N) is 4. The van der Waals surface area contributed by atoms with Gasteiger partial charge in [-0.25, -0.2) is 9.97 Å². The molecule has 1 saturated heterocycles. The van der Waals surface area contributed by atoms with Crippen LogP contribution in [0.3, 0.4) is 0 Å². The van der Waals surface area contributed by atoms with Crippen molar-refractivity contribution in [2.75, 3.05) is 25.0 Å². The molecule has 0 atom stereocenters. The molecule has 8 nitrogen and oxygen atoms in total. The van der Waals surface area contributed by atoms with Gasteiger partial charge in [0.2, 0.25) is 5.91 Å². The first-order valence-corrected chi connectivity index (χ1v) is 12.3. The van der Waals surface area contributed by atoms with E-state index >= 15 is 0 Å². The second kappa shape index (κ2) is 9.34. The highest BCUT2D eigenvalue weighted by Gasteiger charge is 2.24. The van der Waals surface area contributed by atoms with Gasteiger partial charge in [-0.05, 0) is 38.1 Å². The zero-order chi connectivity index (χ0) is 22.8. The second-order valence-electron chi connectivity index (χ2n) is 7.96. The number of para-hydroxylation sites is 1. The molecule has 0 bridgehead atoms. The van der Waals surface area contributed by atoms with Crippen LogP contribution in [0.15, 0.2) is 53.9 Å². The fourth-order valence-corrected chi connectivity index (χ4v) is 5.88. The minimum atomic E-state index is -0.432. The normalized spacial score (nSPS) is 15.0. The van der Waals surface area contributed by atoms with Crippen LogP contribution in [0.2, 0.25) is 0 Å². The molecule has 4 aromatic rings. The third kappa shape index (κ3) is 4.92. The molecule has 0 radical (unpaired) electrons. The van der Waals surface area contributed by atoms with E-state index in [1.807, 2.05) is 12.1 Å². The van der Waals surface area contributed by atoms with Gasteiger partial charge >= 0.3 is 0 Å². The van der Waals surface area contributed by atoms with E-state index in [-0.39, 0.29) is 11.6 Å². The highest BCUT2D eigenvalue weighted by molar-refractivity contribution is 7.18. The number of nitro groups is 1. The van der Waals surface area contributed by atoms with Crippen molar-refractivity contribution in [3.63, 3.8) is 0 Å². The average Bonchev–Trinajstić information content (AvgIpc) is 3.47. The van der Waals surface area contributed by atoms with Gasteiger partial charge in [-0.2, -0.15) is 0 Å². The standard InChI is InChI=1S/C23H21N5O3S2/c29-21(26-23-25-19(14-32-23)16-4-3-5-17(12-16)28(30)31)13-27-10-8-15(9-11-27)22-24-18-6-1-2-7-20(18)33-22/h1-7,12,14-15H,8-11,13H2,(H,25,26,29). The number of rotatable bonds is 6. The van der Waals surface area contributed by atoms with E-state index in [0.717, 1.165) is 31.4 Å². The summed E-state index contributed by atoms with van der Waals surface area (Å²) in [7, 11) is 0. The SMILES string of the molecule is O=C(CN1CCC(c2nc3ccccc3s2)CC1)Nc1nc(-c2cccc([N+](=O)[O-])c2)cs1.